The van der Waals surface area contributed by atoms with Gasteiger partial charge in [0, 0.05) is 33.4 Å². The fraction of sp³-hybridized carbons (Fsp3) is 0.488. The molecule has 0 amide bonds. The number of para-hydroxylation sites is 1. The second kappa shape index (κ2) is 20.0. The van der Waals surface area contributed by atoms with E-state index in [4.69, 9.17) is 14.5 Å². The van der Waals surface area contributed by atoms with Crippen LogP contribution in [-0.4, -0.2) is 83.9 Å². The largest absolute Gasteiger partial charge is 0.573 e. The van der Waals surface area contributed by atoms with Crippen LogP contribution in [0.2, 0.25) is 0 Å². The third-order valence-corrected chi connectivity index (χ3v) is 11.7. The normalized spacial score (nSPS) is 18.0. The number of anilines is 2. The number of benzene rings is 2. The number of hydrogen-bond donors (Lipinski definition) is 4. The SMILES string of the molecule is CC(C)c1cnn2c(N[C@@H](C)c3ccccc3I)nc(OC3CCCNC3)nc12.CC(C)c1cnn2c(N[C@@H](C)c3ccccc3OC(F)(F)F)nc(OC3CCCNC3)nc12. The molecule has 2 unspecified atom stereocenters. The zero-order valence-corrected chi connectivity index (χ0v) is 37.9. The number of halogens is 4. The first kappa shape index (κ1) is 45.0. The van der Waals surface area contributed by atoms with E-state index >= 15 is 0 Å². The van der Waals surface area contributed by atoms with Crippen LogP contribution in [0.3, 0.4) is 0 Å². The van der Waals surface area contributed by atoms with Crippen molar-refractivity contribution in [1.82, 2.24) is 49.8 Å². The van der Waals surface area contributed by atoms with Gasteiger partial charge in [-0.05, 0) is 105 Å². The minimum Gasteiger partial charge on any atom is -0.459 e. The molecule has 15 nitrogen and oxygen atoms in total. The Morgan fingerprint density at radius 2 is 1.13 bits per heavy atom. The summed E-state index contributed by atoms with van der Waals surface area (Å²) >= 11 is 2.37. The molecule has 6 heterocycles. The molecule has 2 fully saturated rings. The minimum absolute atomic E-state index is 0.0576. The zero-order valence-electron chi connectivity index (χ0n) is 35.7. The summed E-state index contributed by atoms with van der Waals surface area (Å²) in [4.78, 5) is 18.5. The van der Waals surface area contributed by atoms with E-state index in [9.17, 15) is 13.2 Å². The molecule has 8 rings (SSSR count). The Morgan fingerprint density at radius 3 is 1.58 bits per heavy atom. The van der Waals surface area contributed by atoms with E-state index in [2.05, 4.69) is 113 Å². The number of nitrogens with one attached hydrogen (secondary N) is 4. The highest BCUT2D eigenvalue weighted by atomic mass is 127. The quantitative estimate of drug-likeness (QED) is 0.0816. The second-order valence-corrected chi connectivity index (χ2v) is 17.3. The van der Waals surface area contributed by atoms with Crippen LogP contribution < -0.4 is 35.5 Å². The molecular formula is C43H54F3IN12O3. The molecule has 4 N–H and O–H groups in total. The van der Waals surface area contributed by atoms with Crippen LogP contribution in [0.1, 0.15) is 113 Å². The maximum absolute atomic E-state index is 12.9. The van der Waals surface area contributed by atoms with E-state index in [1.807, 2.05) is 26.1 Å². The van der Waals surface area contributed by atoms with Gasteiger partial charge in [-0.3, -0.25) is 0 Å². The lowest BCUT2D eigenvalue weighted by Crippen LogP contribution is -2.37. The van der Waals surface area contributed by atoms with Gasteiger partial charge in [0.15, 0.2) is 11.3 Å². The van der Waals surface area contributed by atoms with Crippen LogP contribution in [0, 0.1) is 3.57 Å². The summed E-state index contributed by atoms with van der Waals surface area (Å²) in [6.07, 6.45) is 2.84. The Labute approximate surface area is 372 Å². The van der Waals surface area contributed by atoms with Crippen LogP contribution in [-0.2, 0) is 0 Å². The van der Waals surface area contributed by atoms with Gasteiger partial charge in [0.1, 0.15) is 18.0 Å². The van der Waals surface area contributed by atoms with E-state index in [1.165, 1.54) is 21.3 Å². The third-order valence-electron chi connectivity index (χ3n) is 10.7. The molecule has 332 valence electrons. The Morgan fingerprint density at radius 1 is 0.661 bits per heavy atom. The van der Waals surface area contributed by atoms with Crippen LogP contribution in [0.15, 0.2) is 60.9 Å². The van der Waals surface area contributed by atoms with Crippen LogP contribution in [0.5, 0.6) is 17.8 Å². The van der Waals surface area contributed by atoms with Crippen molar-refractivity contribution in [2.75, 3.05) is 36.8 Å². The van der Waals surface area contributed by atoms with Crippen molar-refractivity contribution in [2.45, 2.75) is 110 Å². The number of hydrogen-bond acceptors (Lipinski definition) is 13. The van der Waals surface area contributed by atoms with Gasteiger partial charge in [-0.15, -0.1) is 13.2 Å². The van der Waals surface area contributed by atoms with Crippen molar-refractivity contribution in [2.24, 2.45) is 0 Å². The number of alkyl halides is 3. The molecule has 0 bridgehead atoms. The highest BCUT2D eigenvalue weighted by molar-refractivity contribution is 14.1. The van der Waals surface area contributed by atoms with Crippen molar-refractivity contribution in [1.29, 1.82) is 0 Å². The van der Waals surface area contributed by atoms with E-state index < -0.39 is 12.4 Å². The molecule has 2 aliphatic heterocycles. The van der Waals surface area contributed by atoms with Crippen molar-refractivity contribution in [3.05, 3.63) is 86.7 Å². The summed E-state index contributed by atoms with van der Waals surface area (Å²) in [7, 11) is 0. The maximum atomic E-state index is 12.9. The fourth-order valence-corrected chi connectivity index (χ4v) is 8.28. The van der Waals surface area contributed by atoms with E-state index in [-0.39, 0.29) is 35.9 Å². The third kappa shape index (κ3) is 11.1. The van der Waals surface area contributed by atoms with Gasteiger partial charge < -0.3 is 35.5 Å². The number of nitrogens with zero attached hydrogens (tertiary/aromatic N) is 8. The predicted molar refractivity (Wildman–Crippen MR) is 239 cm³/mol. The number of fused-ring (bicyclic) bond motifs is 2. The number of rotatable bonds is 13. The van der Waals surface area contributed by atoms with Gasteiger partial charge in [-0.1, -0.05) is 64.1 Å². The first-order valence-corrected chi connectivity index (χ1v) is 22.2. The van der Waals surface area contributed by atoms with Crippen molar-refractivity contribution >= 4 is 45.8 Å². The smallest absolute Gasteiger partial charge is 0.459 e. The van der Waals surface area contributed by atoms with Crippen molar-refractivity contribution in [3.63, 3.8) is 0 Å². The van der Waals surface area contributed by atoms with Gasteiger partial charge >= 0.3 is 18.4 Å². The molecule has 0 aliphatic carbocycles. The highest BCUT2D eigenvalue weighted by Crippen LogP contribution is 2.33. The molecule has 0 spiro atoms. The van der Waals surface area contributed by atoms with Crippen molar-refractivity contribution in [3.8, 4) is 17.8 Å². The van der Waals surface area contributed by atoms with E-state index in [1.54, 1.807) is 34.3 Å². The van der Waals surface area contributed by atoms with Crippen LogP contribution in [0.4, 0.5) is 25.1 Å². The monoisotopic (exact) mass is 970 g/mol. The molecule has 4 aromatic heterocycles. The Hall–Kier alpha value is -5.02. The molecule has 2 aromatic carbocycles. The second-order valence-electron chi connectivity index (χ2n) is 16.2. The molecule has 19 heteroatoms. The van der Waals surface area contributed by atoms with Gasteiger partial charge in [-0.25, -0.2) is 0 Å². The van der Waals surface area contributed by atoms with Crippen LogP contribution in [0.25, 0.3) is 11.3 Å². The van der Waals surface area contributed by atoms with Gasteiger partial charge in [0.2, 0.25) is 11.9 Å². The molecule has 6 aromatic rings. The summed E-state index contributed by atoms with van der Waals surface area (Å²) in [5, 5.41) is 22.3. The maximum Gasteiger partial charge on any atom is 0.573 e. The Kier molecular flexibility index (Phi) is 14.5. The number of aromatic nitrogens is 8. The molecule has 0 saturated carbocycles. The average Bonchev–Trinajstić information content (AvgIpc) is 3.87. The minimum atomic E-state index is -4.79. The summed E-state index contributed by atoms with van der Waals surface area (Å²) in [6, 6.07) is 14.5. The standard InChI is InChI=1S/C22H27F3N6O2.C21H27IN6O/c1-13(2)17-12-27-31-19(17)29-21(32-15-7-6-10-26-11-15)30-20(31)28-14(3)16-8-4-5-9-18(16)33-22(23,24)25;1-13(2)17-12-24-28-19(17)26-21(29-15-7-6-10-23-11-15)27-20(28)25-14(3)16-8-4-5-9-18(16)22/h4-5,8-9,12-15,26H,6-7,10-11H2,1-3H3,(H,28,29,30);4-5,8-9,12-15,23H,6-7,10-11H2,1-3H3,(H,25,26,27)/t2*14-,15?/m00/s1. The number of ether oxygens (including phenoxy) is 3. The highest BCUT2D eigenvalue weighted by Gasteiger charge is 2.33. The zero-order chi connectivity index (χ0) is 44.0. The lowest BCUT2D eigenvalue weighted by Gasteiger charge is -2.23. The summed E-state index contributed by atoms with van der Waals surface area (Å²) in [5.74, 6) is 1.16. The summed E-state index contributed by atoms with van der Waals surface area (Å²) < 4.78 is 59.6. The summed E-state index contributed by atoms with van der Waals surface area (Å²) in [6.45, 7) is 15.7. The Bertz CT molecular complexity index is 2410. The molecule has 2 saturated heterocycles. The van der Waals surface area contributed by atoms with Gasteiger partial charge in [-0.2, -0.15) is 39.2 Å². The average molecular weight is 971 g/mol. The lowest BCUT2D eigenvalue weighted by molar-refractivity contribution is -0.274. The van der Waals surface area contributed by atoms with E-state index in [0.717, 1.165) is 62.1 Å². The topological polar surface area (TPSA) is 162 Å². The molecular weight excluding hydrogens is 916 g/mol. The Balaban J connectivity index is 0.000000188. The molecule has 4 atom stereocenters. The molecule has 62 heavy (non-hydrogen) atoms. The van der Waals surface area contributed by atoms with Gasteiger partial charge in [0.05, 0.1) is 24.5 Å². The fourth-order valence-electron chi connectivity index (χ4n) is 7.42. The lowest BCUT2D eigenvalue weighted by atomic mass is 10.1. The van der Waals surface area contributed by atoms with E-state index in [0.29, 0.717) is 41.6 Å². The molecule has 2 aliphatic rings. The summed E-state index contributed by atoms with van der Waals surface area (Å²) in [5.41, 5.74) is 4.94. The first-order chi connectivity index (χ1) is 29.7. The van der Waals surface area contributed by atoms with Gasteiger partial charge in [0.25, 0.3) is 0 Å². The number of piperidine rings is 2. The molecule has 0 radical (unpaired) electrons. The van der Waals surface area contributed by atoms with Crippen molar-refractivity contribution < 1.29 is 27.4 Å². The first-order valence-electron chi connectivity index (χ1n) is 21.1. The predicted octanol–water partition coefficient (Wildman–Crippen LogP) is 8.61. The van der Waals surface area contributed by atoms with Crippen LogP contribution >= 0.6 is 22.6 Å².